The Balaban J connectivity index is 2.57. The molecule has 0 aromatic heterocycles. The third-order valence-corrected chi connectivity index (χ3v) is 3.15. The fraction of sp³-hybridized carbons (Fsp3) is 0.462. The summed E-state index contributed by atoms with van der Waals surface area (Å²) in [5.41, 5.74) is 1.45. The van der Waals surface area contributed by atoms with E-state index in [1.54, 1.807) is 12.1 Å². The minimum atomic E-state index is -0.0787. The first kappa shape index (κ1) is 15.3. The third kappa shape index (κ3) is 4.84. The van der Waals surface area contributed by atoms with Crippen LogP contribution >= 0.6 is 23.2 Å². The quantitative estimate of drug-likeness (QED) is 0.869. The zero-order valence-corrected chi connectivity index (χ0v) is 12.3. The Bertz CT molecular complexity index is 433. The number of carbonyl (C=O) groups excluding carboxylic acids is 1. The average Bonchev–Trinajstić information content (AvgIpc) is 2.25. The molecule has 18 heavy (non-hydrogen) atoms. The summed E-state index contributed by atoms with van der Waals surface area (Å²) in [4.78, 5) is 11.7. The van der Waals surface area contributed by atoms with Gasteiger partial charge in [-0.3, -0.25) is 4.79 Å². The van der Waals surface area contributed by atoms with Gasteiger partial charge in [-0.2, -0.15) is 0 Å². The van der Waals surface area contributed by atoms with E-state index in [4.69, 9.17) is 23.2 Å². The molecule has 2 N–H and O–H groups in total. The van der Waals surface area contributed by atoms with Crippen LogP contribution < -0.4 is 10.6 Å². The Morgan fingerprint density at radius 3 is 2.56 bits per heavy atom. The summed E-state index contributed by atoms with van der Waals surface area (Å²) in [6, 6.07) is 3.79. The van der Waals surface area contributed by atoms with Crippen LogP contribution in [-0.4, -0.2) is 18.5 Å². The lowest BCUT2D eigenvalue weighted by atomic mass is 10.2. The minimum Gasteiger partial charge on any atom is -0.325 e. The van der Waals surface area contributed by atoms with E-state index in [0.29, 0.717) is 34.7 Å². The number of amides is 1. The number of halogens is 2. The second-order valence-corrected chi connectivity index (χ2v) is 5.30. The van der Waals surface area contributed by atoms with Crippen LogP contribution in [0.5, 0.6) is 0 Å². The van der Waals surface area contributed by atoms with Crippen molar-refractivity contribution in [1.29, 1.82) is 0 Å². The van der Waals surface area contributed by atoms with Gasteiger partial charge in [0, 0.05) is 24.0 Å². The molecule has 1 amide bonds. The summed E-state index contributed by atoms with van der Waals surface area (Å²) in [7, 11) is 0. The van der Waals surface area contributed by atoms with E-state index in [1.807, 2.05) is 20.8 Å². The van der Waals surface area contributed by atoms with Crippen molar-refractivity contribution >= 4 is 34.8 Å². The van der Waals surface area contributed by atoms with Gasteiger partial charge in [-0.1, -0.05) is 37.0 Å². The molecule has 0 aliphatic carbocycles. The van der Waals surface area contributed by atoms with Crippen molar-refractivity contribution < 1.29 is 4.79 Å². The largest absolute Gasteiger partial charge is 0.325 e. The van der Waals surface area contributed by atoms with E-state index in [0.717, 1.165) is 5.56 Å². The highest BCUT2D eigenvalue weighted by Gasteiger charge is 2.08. The van der Waals surface area contributed by atoms with Crippen molar-refractivity contribution in [2.75, 3.05) is 11.9 Å². The summed E-state index contributed by atoms with van der Waals surface area (Å²) >= 11 is 12.0. The van der Waals surface area contributed by atoms with E-state index in [2.05, 4.69) is 10.6 Å². The van der Waals surface area contributed by atoms with Crippen LogP contribution in [0.25, 0.3) is 0 Å². The Kier molecular flexibility index (Phi) is 5.93. The average molecular weight is 289 g/mol. The van der Waals surface area contributed by atoms with Crippen LogP contribution in [0, 0.1) is 6.92 Å². The second kappa shape index (κ2) is 6.98. The molecule has 0 fully saturated rings. The molecular weight excluding hydrogens is 271 g/mol. The van der Waals surface area contributed by atoms with E-state index in [1.165, 1.54) is 0 Å². The van der Waals surface area contributed by atoms with Crippen molar-refractivity contribution in [2.24, 2.45) is 0 Å². The van der Waals surface area contributed by atoms with Gasteiger partial charge in [-0.15, -0.1) is 0 Å². The Hall–Kier alpha value is -0.770. The van der Waals surface area contributed by atoms with Gasteiger partial charge in [0.2, 0.25) is 5.91 Å². The van der Waals surface area contributed by atoms with Crippen LogP contribution in [0.2, 0.25) is 10.0 Å². The summed E-state index contributed by atoms with van der Waals surface area (Å²) in [5, 5.41) is 7.03. The van der Waals surface area contributed by atoms with Gasteiger partial charge in [-0.25, -0.2) is 0 Å². The third-order valence-electron chi connectivity index (χ3n) is 2.43. The number of rotatable bonds is 5. The topological polar surface area (TPSA) is 41.1 Å². The van der Waals surface area contributed by atoms with Gasteiger partial charge in [-0.05, 0) is 24.6 Å². The second-order valence-electron chi connectivity index (χ2n) is 4.49. The number of hydrogen-bond acceptors (Lipinski definition) is 2. The molecule has 0 unspecified atom stereocenters. The fourth-order valence-corrected chi connectivity index (χ4v) is 1.86. The molecule has 0 heterocycles. The Labute approximate surface area is 118 Å². The first-order valence-corrected chi connectivity index (χ1v) is 6.64. The molecule has 1 aromatic carbocycles. The van der Waals surface area contributed by atoms with Crippen LogP contribution in [0.4, 0.5) is 5.69 Å². The molecule has 1 aromatic rings. The lowest BCUT2D eigenvalue weighted by molar-refractivity contribution is -0.116. The summed E-state index contributed by atoms with van der Waals surface area (Å²) in [5.74, 6) is -0.0787. The van der Waals surface area contributed by atoms with Crippen molar-refractivity contribution in [1.82, 2.24) is 5.32 Å². The molecule has 3 nitrogen and oxygen atoms in total. The highest BCUT2D eigenvalue weighted by molar-refractivity contribution is 6.36. The zero-order chi connectivity index (χ0) is 13.7. The molecule has 0 atom stereocenters. The number of aryl methyl sites for hydroxylation is 1. The first-order valence-electron chi connectivity index (χ1n) is 5.89. The standard InChI is InChI=1S/C13H18Cl2N2O/c1-8(2)16-5-4-13(18)17-12-7-10(14)9(3)6-11(12)15/h6-8,16H,4-5H2,1-3H3,(H,17,18). The van der Waals surface area contributed by atoms with Crippen molar-refractivity contribution in [3.63, 3.8) is 0 Å². The number of hydrogen-bond donors (Lipinski definition) is 2. The van der Waals surface area contributed by atoms with E-state index >= 15 is 0 Å². The predicted octanol–water partition coefficient (Wildman–Crippen LogP) is 3.63. The summed E-state index contributed by atoms with van der Waals surface area (Å²) < 4.78 is 0. The first-order chi connectivity index (χ1) is 8.40. The molecule has 0 saturated heterocycles. The molecule has 0 radical (unpaired) electrons. The molecule has 0 saturated carbocycles. The van der Waals surface area contributed by atoms with Crippen LogP contribution in [0.3, 0.4) is 0 Å². The molecule has 5 heteroatoms. The number of carbonyl (C=O) groups is 1. The molecule has 0 bridgehead atoms. The summed E-state index contributed by atoms with van der Waals surface area (Å²) in [6.45, 7) is 6.58. The van der Waals surface area contributed by atoms with Gasteiger partial charge in [0.1, 0.15) is 0 Å². The smallest absolute Gasteiger partial charge is 0.225 e. The monoisotopic (exact) mass is 288 g/mol. The van der Waals surface area contributed by atoms with Crippen molar-refractivity contribution in [3.8, 4) is 0 Å². The number of benzene rings is 1. The molecular formula is C13H18Cl2N2O. The maximum atomic E-state index is 11.7. The van der Waals surface area contributed by atoms with E-state index in [9.17, 15) is 4.79 Å². The normalized spacial score (nSPS) is 10.8. The van der Waals surface area contributed by atoms with Gasteiger partial charge < -0.3 is 10.6 Å². The highest BCUT2D eigenvalue weighted by atomic mass is 35.5. The van der Waals surface area contributed by atoms with Gasteiger partial charge >= 0.3 is 0 Å². The van der Waals surface area contributed by atoms with Crippen LogP contribution in [0.15, 0.2) is 12.1 Å². The Morgan fingerprint density at radius 2 is 1.94 bits per heavy atom. The fourth-order valence-electron chi connectivity index (χ4n) is 1.43. The summed E-state index contributed by atoms with van der Waals surface area (Å²) in [6.07, 6.45) is 0.403. The van der Waals surface area contributed by atoms with Crippen molar-refractivity contribution in [2.45, 2.75) is 33.2 Å². The zero-order valence-electron chi connectivity index (χ0n) is 10.8. The van der Waals surface area contributed by atoms with Gasteiger partial charge in [0.25, 0.3) is 0 Å². The maximum Gasteiger partial charge on any atom is 0.225 e. The Morgan fingerprint density at radius 1 is 1.28 bits per heavy atom. The molecule has 1 rings (SSSR count). The molecule has 100 valence electrons. The minimum absolute atomic E-state index is 0.0787. The van der Waals surface area contributed by atoms with Crippen molar-refractivity contribution in [3.05, 3.63) is 27.7 Å². The lowest BCUT2D eigenvalue weighted by Gasteiger charge is -2.10. The molecule has 0 aliphatic heterocycles. The lowest BCUT2D eigenvalue weighted by Crippen LogP contribution is -2.27. The van der Waals surface area contributed by atoms with Crippen LogP contribution in [-0.2, 0) is 4.79 Å². The van der Waals surface area contributed by atoms with Gasteiger partial charge in [0.15, 0.2) is 0 Å². The SMILES string of the molecule is Cc1cc(Cl)c(NC(=O)CCNC(C)C)cc1Cl. The van der Waals surface area contributed by atoms with Crippen LogP contribution in [0.1, 0.15) is 25.8 Å². The van der Waals surface area contributed by atoms with E-state index < -0.39 is 0 Å². The number of nitrogens with one attached hydrogen (secondary N) is 2. The predicted molar refractivity (Wildman–Crippen MR) is 77.6 cm³/mol. The van der Waals surface area contributed by atoms with Gasteiger partial charge in [0.05, 0.1) is 10.7 Å². The molecule has 0 spiro atoms. The number of anilines is 1. The van der Waals surface area contributed by atoms with E-state index in [-0.39, 0.29) is 5.91 Å². The molecule has 0 aliphatic rings. The maximum absolute atomic E-state index is 11.7. The highest BCUT2D eigenvalue weighted by Crippen LogP contribution is 2.28.